The summed E-state index contributed by atoms with van der Waals surface area (Å²) in [7, 11) is 0. The lowest BCUT2D eigenvalue weighted by atomic mass is 10.3. The van der Waals surface area contributed by atoms with Crippen LogP contribution in [0.4, 0.5) is 0 Å². The highest BCUT2D eigenvalue weighted by atomic mass is 35.5. The summed E-state index contributed by atoms with van der Waals surface area (Å²) in [4.78, 5) is 1.34. The summed E-state index contributed by atoms with van der Waals surface area (Å²) in [5.41, 5.74) is 0. The van der Waals surface area contributed by atoms with Crippen LogP contribution in [0.1, 0.15) is 13.8 Å². The quantitative estimate of drug-likeness (QED) is 0.801. The van der Waals surface area contributed by atoms with E-state index in [0.717, 1.165) is 13.1 Å². The lowest BCUT2D eigenvalue weighted by Crippen LogP contribution is -3.12. The van der Waals surface area contributed by atoms with Gasteiger partial charge in [-0.2, -0.15) is 0 Å². The maximum atomic E-state index is 9.88. The fraction of sp³-hybridized carbons (Fsp3) is 0.538. The molecule has 0 aromatic heterocycles. The molecule has 0 fully saturated rings. The standard InChI is InChI=1S/C13H19Cl2NO2/c1-3-16(4-2)8-11(17)9-18-13-7-10(14)5-6-12(13)15/h5-7,11,17H,3-4,8-9H2,1-2H3/p+1/t11-/m0/s1. The molecule has 102 valence electrons. The molecule has 0 aliphatic rings. The summed E-state index contributed by atoms with van der Waals surface area (Å²) in [6, 6.07) is 5.04. The van der Waals surface area contributed by atoms with Crippen molar-refractivity contribution in [2.75, 3.05) is 26.2 Å². The number of halogens is 2. The number of quaternary nitrogens is 1. The van der Waals surface area contributed by atoms with Gasteiger partial charge in [-0.25, -0.2) is 0 Å². The van der Waals surface area contributed by atoms with Crippen LogP contribution in [0.25, 0.3) is 0 Å². The van der Waals surface area contributed by atoms with Crippen LogP contribution in [-0.4, -0.2) is 37.5 Å². The van der Waals surface area contributed by atoms with Crippen molar-refractivity contribution >= 4 is 23.2 Å². The van der Waals surface area contributed by atoms with Crippen molar-refractivity contribution in [2.45, 2.75) is 20.0 Å². The van der Waals surface area contributed by atoms with E-state index in [9.17, 15) is 5.11 Å². The van der Waals surface area contributed by atoms with E-state index in [0.29, 0.717) is 22.3 Å². The first-order chi connectivity index (χ1) is 8.56. The normalized spacial score (nSPS) is 12.8. The molecule has 2 N–H and O–H groups in total. The van der Waals surface area contributed by atoms with Crippen molar-refractivity contribution in [2.24, 2.45) is 0 Å². The van der Waals surface area contributed by atoms with Crippen LogP contribution < -0.4 is 9.64 Å². The molecule has 0 saturated carbocycles. The van der Waals surface area contributed by atoms with Gasteiger partial charge in [0.1, 0.15) is 25.0 Å². The van der Waals surface area contributed by atoms with Crippen LogP contribution in [0.2, 0.25) is 10.0 Å². The van der Waals surface area contributed by atoms with Crippen molar-refractivity contribution in [1.29, 1.82) is 0 Å². The summed E-state index contributed by atoms with van der Waals surface area (Å²) in [5, 5.41) is 11.0. The molecule has 0 bridgehead atoms. The summed E-state index contributed by atoms with van der Waals surface area (Å²) >= 11 is 11.8. The monoisotopic (exact) mass is 292 g/mol. The van der Waals surface area contributed by atoms with E-state index in [-0.39, 0.29) is 6.61 Å². The highest BCUT2D eigenvalue weighted by molar-refractivity contribution is 6.34. The molecule has 0 unspecified atom stereocenters. The smallest absolute Gasteiger partial charge is 0.139 e. The topological polar surface area (TPSA) is 33.9 Å². The van der Waals surface area contributed by atoms with Crippen molar-refractivity contribution in [1.82, 2.24) is 0 Å². The number of rotatable bonds is 7. The highest BCUT2D eigenvalue weighted by Crippen LogP contribution is 2.27. The van der Waals surface area contributed by atoms with E-state index in [2.05, 4.69) is 13.8 Å². The minimum atomic E-state index is -0.505. The second kappa shape index (κ2) is 7.85. The Morgan fingerprint density at radius 2 is 1.94 bits per heavy atom. The number of hydrogen-bond acceptors (Lipinski definition) is 2. The number of nitrogens with one attached hydrogen (secondary N) is 1. The van der Waals surface area contributed by atoms with E-state index < -0.39 is 6.10 Å². The molecule has 0 aliphatic carbocycles. The van der Waals surface area contributed by atoms with Crippen LogP contribution >= 0.6 is 23.2 Å². The van der Waals surface area contributed by atoms with Crippen LogP contribution in [-0.2, 0) is 0 Å². The van der Waals surface area contributed by atoms with Gasteiger partial charge in [0, 0.05) is 11.1 Å². The molecule has 3 nitrogen and oxygen atoms in total. The molecule has 0 amide bonds. The molecule has 18 heavy (non-hydrogen) atoms. The van der Waals surface area contributed by atoms with Gasteiger partial charge in [0.05, 0.1) is 18.1 Å². The molecular weight excluding hydrogens is 273 g/mol. The van der Waals surface area contributed by atoms with Crippen molar-refractivity contribution in [3.63, 3.8) is 0 Å². The van der Waals surface area contributed by atoms with Crippen LogP contribution in [0.15, 0.2) is 18.2 Å². The minimum absolute atomic E-state index is 0.226. The number of hydrogen-bond donors (Lipinski definition) is 2. The lowest BCUT2D eigenvalue weighted by molar-refractivity contribution is -0.899. The van der Waals surface area contributed by atoms with E-state index >= 15 is 0 Å². The zero-order valence-electron chi connectivity index (χ0n) is 10.7. The zero-order valence-corrected chi connectivity index (χ0v) is 12.3. The summed E-state index contributed by atoms with van der Waals surface area (Å²) in [6.45, 7) is 7.08. The second-order valence-corrected chi connectivity index (χ2v) is 5.04. The molecule has 0 spiro atoms. The fourth-order valence-corrected chi connectivity index (χ4v) is 2.04. The van der Waals surface area contributed by atoms with E-state index in [4.69, 9.17) is 27.9 Å². The molecule has 0 aliphatic heterocycles. The summed E-state index contributed by atoms with van der Waals surface area (Å²) in [6.07, 6.45) is -0.505. The van der Waals surface area contributed by atoms with Gasteiger partial charge in [0.2, 0.25) is 0 Å². The first-order valence-electron chi connectivity index (χ1n) is 6.16. The summed E-state index contributed by atoms with van der Waals surface area (Å²) in [5.74, 6) is 0.512. The van der Waals surface area contributed by atoms with Gasteiger partial charge in [0.15, 0.2) is 0 Å². The maximum absolute atomic E-state index is 9.88. The third kappa shape index (κ3) is 5.02. The number of benzene rings is 1. The highest BCUT2D eigenvalue weighted by Gasteiger charge is 2.13. The Morgan fingerprint density at radius 3 is 2.56 bits per heavy atom. The Morgan fingerprint density at radius 1 is 1.28 bits per heavy atom. The van der Waals surface area contributed by atoms with Crippen LogP contribution in [0.3, 0.4) is 0 Å². The molecule has 1 rings (SSSR count). The van der Waals surface area contributed by atoms with Gasteiger partial charge in [-0.3, -0.25) is 0 Å². The lowest BCUT2D eigenvalue weighted by Gasteiger charge is -2.19. The second-order valence-electron chi connectivity index (χ2n) is 4.20. The Hall–Kier alpha value is -0.480. The van der Waals surface area contributed by atoms with Crippen molar-refractivity contribution < 1.29 is 14.7 Å². The average Bonchev–Trinajstić information content (AvgIpc) is 2.37. The first-order valence-corrected chi connectivity index (χ1v) is 6.91. The molecule has 1 aromatic rings. The zero-order chi connectivity index (χ0) is 13.5. The first kappa shape index (κ1) is 15.6. The Bertz CT molecular complexity index is 370. The van der Waals surface area contributed by atoms with Crippen LogP contribution in [0.5, 0.6) is 5.75 Å². The number of likely N-dealkylation sites (N-methyl/N-ethyl adjacent to an activating group) is 1. The SMILES string of the molecule is CC[NH+](CC)C[C@H](O)COc1cc(Cl)ccc1Cl. The number of ether oxygens (including phenoxy) is 1. The van der Waals surface area contributed by atoms with Gasteiger partial charge in [-0.15, -0.1) is 0 Å². The summed E-state index contributed by atoms with van der Waals surface area (Å²) < 4.78 is 5.49. The average molecular weight is 293 g/mol. The van der Waals surface area contributed by atoms with E-state index in [1.165, 1.54) is 4.90 Å². The van der Waals surface area contributed by atoms with Crippen LogP contribution in [0, 0.1) is 0 Å². The molecule has 1 atom stereocenters. The van der Waals surface area contributed by atoms with Crippen molar-refractivity contribution in [3.8, 4) is 5.75 Å². The van der Waals surface area contributed by atoms with Gasteiger partial charge in [0.25, 0.3) is 0 Å². The molecule has 0 radical (unpaired) electrons. The molecule has 0 heterocycles. The number of aliphatic hydroxyl groups is 1. The largest absolute Gasteiger partial charge is 0.489 e. The predicted molar refractivity (Wildman–Crippen MR) is 74.9 cm³/mol. The third-order valence-corrected chi connectivity index (χ3v) is 3.40. The van der Waals surface area contributed by atoms with E-state index in [1.807, 2.05) is 0 Å². The van der Waals surface area contributed by atoms with Gasteiger partial charge in [-0.05, 0) is 26.0 Å². The van der Waals surface area contributed by atoms with Gasteiger partial charge < -0.3 is 14.7 Å². The molecule has 5 heteroatoms. The van der Waals surface area contributed by atoms with Gasteiger partial charge in [-0.1, -0.05) is 23.2 Å². The number of aliphatic hydroxyl groups excluding tert-OH is 1. The van der Waals surface area contributed by atoms with Gasteiger partial charge >= 0.3 is 0 Å². The van der Waals surface area contributed by atoms with Crippen molar-refractivity contribution in [3.05, 3.63) is 28.2 Å². The third-order valence-electron chi connectivity index (χ3n) is 2.85. The Kier molecular flexibility index (Phi) is 6.79. The van der Waals surface area contributed by atoms with E-state index in [1.54, 1.807) is 18.2 Å². The Balaban J connectivity index is 2.46. The fourth-order valence-electron chi connectivity index (χ4n) is 1.70. The maximum Gasteiger partial charge on any atom is 0.139 e. The molecule has 1 aromatic carbocycles. The predicted octanol–water partition coefficient (Wildman–Crippen LogP) is 1.66. The molecule has 0 saturated heterocycles. The molecular formula is C13H20Cl2NO2+. The minimum Gasteiger partial charge on any atom is -0.489 e. The Labute approximate surface area is 118 Å².